The van der Waals surface area contributed by atoms with Gasteiger partial charge in [-0.05, 0) is 92.3 Å². The van der Waals surface area contributed by atoms with Gasteiger partial charge < -0.3 is 14.9 Å². The molecule has 3 aromatic rings. The number of rotatable bonds is 8. The molecule has 3 aromatic carbocycles. The Morgan fingerprint density at radius 3 is 2.34 bits per heavy atom. The molecule has 0 aromatic heterocycles. The zero-order valence-corrected chi connectivity index (χ0v) is 21.6. The van der Waals surface area contributed by atoms with Gasteiger partial charge in [-0.15, -0.1) is 0 Å². The van der Waals surface area contributed by atoms with E-state index in [1.807, 2.05) is 67.7 Å². The smallest absolute Gasteiger partial charge is 0.253 e. The summed E-state index contributed by atoms with van der Waals surface area (Å²) in [7, 11) is 1.86. The highest BCUT2D eigenvalue weighted by Crippen LogP contribution is 2.32. The number of likely N-dealkylation sites (N-methyl/N-ethyl adjacent to an activating group) is 1. The highest BCUT2D eigenvalue weighted by Gasteiger charge is 2.24. The number of amides is 1. The van der Waals surface area contributed by atoms with E-state index in [4.69, 9.17) is 23.2 Å². The topological polar surface area (TPSA) is 43.8 Å². The third-order valence-corrected chi connectivity index (χ3v) is 7.76. The van der Waals surface area contributed by atoms with Crippen molar-refractivity contribution in [3.8, 4) is 5.75 Å². The van der Waals surface area contributed by atoms with E-state index in [2.05, 4.69) is 4.90 Å². The van der Waals surface area contributed by atoms with Crippen molar-refractivity contribution in [2.45, 2.75) is 31.1 Å². The van der Waals surface area contributed by atoms with E-state index in [1.54, 1.807) is 17.0 Å². The lowest BCUT2D eigenvalue weighted by molar-refractivity contribution is 0.0781. The maximum atomic E-state index is 13.0. The highest BCUT2D eigenvalue weighted by molar-refractivity contribution is 6.42. The number of halogens is 2. The number of nitrogens with zero attached hydrogens (tertiary/aromatic N) is 2. The van der Waals surface area contributed by atoms with Crippen LogP contribution in [-0.4, -0.2) is 54.0 Å². The summed E-state index contributed by atoms with van der Waals surface area (Å²) in [5.41, 5.74) is 3.10. The number of phenolic OH excluding ortho intramolecular Hbond substituents is 1. The van der Waals surface area contributed by atoms with Crippen LogP contribution in [0.2, 0.25) is 10.0 Å². The molecular weight excluding hydrogens is 479 g/mol. The van der Waals surface area contributed by atoms with E-state index in [0.717, 1.165) is 44.5 Å². The van der Waals surface area contributed by atoms with Gasteiger partial charge in [0.25, 0.3) is 5.91 Å². The lowest BCUT2D eigenvalue weighted by Crippen LogP contribution is -2.36. The molecule has 1 aliphatic rings. The summed E-state index contributed by atoms with van der Waals surface area (Å²) in [5.74, 6) is 1.02. The molecule has 1 saturated heterocycles. The van der Waals surface area contributed by atoms with Crippen LogP contribution in [0.3, 0.4) is 0 Å². The highest BCUT2D eigenvalue weighted by atomic mass is 35.5. The number of likely N-dealkylation sites (tertiary alicyclic amines) is 1. The number of carbonyl (C=O) groups is 1. The van der Waals surface area contributed by atoms with E-state index in [9.17, 15) is 9.90 Å². The molecule has 1 heterocycles. The zero-order valence-electron chi connectivity index (χ0n) is 20.0. The van der Waals surface area contributed by atoms with Crippen molar-refractivity contribution >= 4 is 29.1 Å². The quantitative estimate of drug-likeness (QED) is 0.361. The molecule has 1 N–H and O–H groups in total. The van der Waals surface area contributed by atoms with Gasteiger partial charge in [0, 0.05) is 25.1 Å². The maximum absolute atomic E-state index is 13.0. The van der Waals surface area contributed by atoms with E-state index >= 15 is 0 Å². The predicted molar refractivity (Wildman–Crippen MR) is 144 cm³/mol. The fourth-order valence-corrected chi connectivity index (χ4v) is 5.23. The molecular formula is C29H32Cl2N2O2. The van der Waals surface area contributed by atoms with E-state index in [-0.39, 0.29) is 11.8 Å². The largest absolute Gasteiger partial charge is 0.508 e. The number of hydrogen-bond donors (Lipinski definition) is 1. The lowest BCUT2D eigenvalue weighted by Gasteiger charge is -2.34. The van der Waals surface area contributed by atoms with Crippen molar-refractivity contribution in [2.24, 2.45) is 0 Å². The van der Waals surface area contributed by atoms with E-state index < -0.39 is 0 Å². The Balaban J connectivity index is 1.39. The fourth-order valence-electron chi connectivity index (χ4n) is 4.92. The fraction of sp³-hybridized carbons (Fsp3) is 0.345. The van der Waals surface area contributed by atoms with Gasteiger partial charge >= 0.3 is 0 Å². The first-order valence-electron chi connectivity index (χ1n) is 12.2. The molecule has 35 heavy (non-hydrogen) atoms. The molecule has 1 fully saturated rings. The first-order chi connectivity index (χ1) is 16.9. The zero-order chi connectivity index (χ0) is 24.8. The summed E-state index contributed by atoms with van der Waals surface area (Å²) in [6.07, 6.45) is 3.14. The molecule has 0 saturated carbocycles. The van der Waals surface area contributed by atoms with Gasteiger partial charge in [0.1, 0.15) is 5.75 Å². The third-order valence-electron chi connectivity index (χ3n) is 7.02. The van der Waals surface area contributed by atoms with E-state index in [0.29, 0.717) is 33.8 Å². The first kappa shape index (κ1) is 25.6. The van der Waals surface area contributed by atoms with Crippen molar-refractivity contribution in [3.05, 3.63) is 99.5 Å². The van der Waals surface area contributed by atoms with Crippen LogP contribution >= 0.6 is 23.2 Å². The molecule has 1 atom stereocenters. The van der Waals surface area contributed by atoms with Crippen LogP contribution in [0.1, 0.15) is 52.6 Å². The Bertz CT molecular complexity index is 1110. The molecule has 6 heteroatoms. The van der Waals surface area contributed by atoms with Gasteiger partial charge in [0.2, 0.25) is 0 Å². The number of carbonyl (C=O) groups excluding carboxylic acids is 1. The number of phenols is 1. The van der Waals surface area contributed by atoms with Gasteiger partial charge in [-0.1, -0.05) is 59.6 Å². The third kappa shape index (κ3) is 6.78. The van der Waals surface area contributed by atoms with Gasteiger partial charge in [0.05, 0.1) is 10.0 Å². The van der Waals surface area contributed by atoms with Crippen molar-refractivity contribution in [1.29, 1.82) is 0 Å². The normalized spacial score (nSPS) is 15.6. The summed E-state index contributed by atoms with van der Waals surface area (Å²) in [4.78, 5) is 17.3. The second kappa shape index (κ2) is 11.9. The number of hydrogen-bond acceptors (Lipinski definition) is 3. The Kier molecular flexibility index (Phi) is 8.72. The molecule has 184 valence electrons. The van der Waals surface area contributed by atoms with Crippen LogP contribution in [-0.2, 0) is 0 Å². The van der Waals surface area contributed by atoms with Crippen LogP contribution in [0.25, 0.3) is 0 Å². The Morgan fingerprint density at radius 2 is 1.69 bits per heavy atom. The van der Waals surface area contributed by atoms with Crippen molar-refractivity contribution < 1.29 is 9.90 Å². The summed E-state index contributed by atoms with van der Waals surface area (Å²) in [6, 6.07) is 22.8. The average molecular weight is 511 g/mol. The summed E-state index contributed by atoms with van der Waals surface area (Å²) in [6.45, 7) is 3.65. The first-order valence-corrected chi connectivity index (χ1v) is 12.9. The molecule has 0 aliphatic carbocycles. The molecule has 4 rings (SSSR count). The standard InChI is InChI=1S/C29H32Cl2N2O2/c1-32(29(35)23-5-3-2-4-6-23)20-25(24-9-12-27(30)28(31)19-24)15-18-33-16-13-22(14-17-33)21-7-10-26(34)11-8-21/h2-12,19,22,25,34H,13-18,20H2,1H3. The molecule has 1 unspecified atom stereocenters. The Hall–Kier alpha value is -2.53. The van der Waals surface area contributed by atoms with Gasteiger partial charge in [0.15, 0.2) is 0 Å². The average Bonchev–Trinajstić information content (AvgIpc) is 2.89. The summed E-state index contributed by atoms with van der Waals surface area (Å²) >= 11 is 12.5. The minimum absolute atomic E-state index is 0.0189. The summed E-state index contributed by atoms with van der Waals surface area (Å²) in [5, 5.41) is 10.6. The van der Waals surface area contributed by atoms with Crippen molar-refractivity contribution in [3.63, 3.8) is 0 Å². The van der Waals surface area contributed by atoms with Crippen LogP contribution in [0.4, 0.5) is 0 Å². The van der Waals surface area contributed by atoms with Crippen LogP contribution in [0.15, 0.2) is 72.8 Å². The molecule has 1 aliphatic heterocycles. The minimum Gasteiger partial charge on any atom is -0.508 e. The second-order valence-electron chi connectivity index (χ2n) is 9.42. The van der Waals surface area contributed by atoms with Crippen molar-refractivity contribution in [2.75, 3.05) is 33.2 Å². The van der Waals surface area contributed by atoms with Crippen LogP contribution in [0.5, 0.6) is 5.75 Å². The lowest BCUT2D eigenvalue weighted by atomic mass is 9.89. The van der Waals surface area contributed by atoms with Gasteiger partial charge in [-0.2, -0.15) is 0 Å². The molecule has 0 bridgehead atoms. The molecule has 4 nitrogen and oxygen atoms in total. The Morgan fingerprint density at radius 1 is 1.00 bits per heavy atom. The number of aromatic hydroxyl groups is 1. The predicted octanol–water partition coefficient (Wildman–Crippen LogP) is 6.82. The van der Waals surface area contributed by atoms with E-state index in [1.165, 1.54) is 5.56 Å². The van der Waals surface area contributed by atoms with Crippen LogP contribution < -0.4 is 0 Å². The SMILES string of the molecule is CN(CC(CCN1CCC(c2ccc(O)cc2)CC1)c1ccc(Cl)c(Cl)c1)C(=O)c1ccccc1. The second-order valence-corrected chi connectivity index (χ2v) is 10.2. The maximum Gasteiger partial charge on any atom is 0.253 e. The monoisotopic (exact) mass is 510 g/mol. The summed E-state index contributed by atoms with van der Waals surface area (Å²) < 4.78 is 0. The van der Waals surface area contributed by atoms with Crippen molar-refractivity contribution in [1.82, 2.24) is 9.80 Å². The van der Waals surface area contributed by atoms with Gasteiger partial charge in [-0.25, -0.2) is 0 Å². The molecule has 0 radical (unpaired) electrons. The number of piperidine rings is 1. The van der Waals surface area contributed by atoms with Gasteiger partial charge in [-0.3, -0.25) is 4.79 Å². The minimum atomic E-state index is 0.0189. The Labute approximate surface area is 218 Å². The number of benzene rings is 3. The molecule has 1 amide bonds. The molecule has 0 spiro atoms. The van der Waals surface area contributed by atoms with Crippen LogP contribution in [0, 0.1) is 0 Å².